The number of rotatable bonds is 3. The minimum atomic E-state index is -0.595. The zero-order valence-corrected chi connectivity index (χ0v) is 12.2. The molecule has 0 saturated heterocycles. The third kappa shape index (κ3) is 2.75. The van der Waals surface area contributed by atoms with E-state index in [4.69, 9.17) is 22.1 Å². The van der Waals surface area contributed by atoms with Gasteiger partial charge in [0.05, 0.1) is 11.8 Å². The third-order valence-corrected chi connectivity index (χ3v) is 3.05. The topological polar surface area (TPSA) is 83.0 Å². The summed E-state index contributed by atoms with van der Waals surface area (Å²) in [5.74, 6) is -0.475. The number of anilines is 1. The lowest BCUT2D eigenvalue weighted by Gasteiger charge is -2.07. The number of esters is 1. The van der Waals surface area contributed by atoms with Gasteiger partial charge in [-0.15, -0.1) is 5.10 Å². The summed E-state index contributed by atoms with van der Waals surface area (Å²) in [5, 5.41) is 8.22. The van der Waals surface area contributed by atoms with E-state index in [1.807, 2.05) is 13.0 Å². The Morgan fingerprint density at radius 1 is 1.45 bits per heavy atom. The van der Waals surface area contributed by atoms with Crippen LogP contribution in [-0.2, 0) is 4.74 Å². The highest BCUT2D eigenvalue weighted by Crippen LogP contribution is 2.22. The van der Waals surface area contributed by atoms with Gasteiger partial charge < -0.3 is 10.5 Å². The second-order valence-electron chi connectivity index (χ2n) is 4.62. The molecule has 0 aliphatic heterocycles. The SMILES string of the molecule is Cc1ccc(-n2nnc(C(=O)OC(C)C)c2N)cc1Cl. The van der Waals surface area contributed by atoms with Crippen molar-refractivity contribution in [3.63, 3.8) is 0 Å². The summed E-state index contributed by atoms with van der Waals surface area (Å²) in [6.45, 7) is 5.39. The number of benzene rings is 1. The molecule has 0 bridgehead atoms. The van der Waals surface area contributed by atoms with Gasteiger partial charge in [0.1, 0.15) is 0 Å². The van der Waals surface area contributed by atoms with Gasteiger partial charge in [0.2, 0.25) is 5.69 Å². The summed E-state index contributed by atoms with van der Waals surface area (Å²) >= 11 is 6.06. The van der Waals surface area contributed by atoms with Crippen LogP contribution in [0.3, 0.4) is 0 Å². The van der Waals surface area contributed by atoms with Crippen LogP contribution in [0.15, 0.2) is 18.2 Å². The van der Waals surface area contributed by atoms with Gasteiger partial charge in [0, 0.05) is 5.02 Å². The molecule has 6 nitrogen and oxygen atoms in total. The van der Waals surface area contributed by atoms with Crippen molar-refractivity contribution in [3.05, 3.63) is 34.5 Å². The molecule has 0 saturated carbocycles. The zero-order valence-electron chi connectivity index (χ0n) is 11.4. The van der Waals surface area contributed by atoms with Crippen molar-refractivity contribution in [1.82, 2.24) is 15.0 Å². The van der Waals surface area contributed by atoms with Gasteiger partial charge in [-0.25, -0.2) is 4.79 Å². The number of nitrogens with two attached hydrogens (primary N) is 1. The molecular weight excluding hydrogens is 280 g/mol. The number of nitrogen functional groups attached to an aromatic ring is 1. The van der Waals surface area contributed by atoms with Gasteiger partial charge in [-0.1, -0.05) is 22.9 Å². The largest absolute Gasteiger partial charge is 0.458 e. The highest BCUT2D eigenvalue weighted by molar-refractivity contribution is 6.31. The lowest BCUT2D eigenvalue weighted by atomic mass is 10.2. The average Bonchev–Trinajstić information content (AvgIpc) is 2.74. The molecule has 0 atom stereocenters. The van der Waals surface area contributed by atoms with Gasteiger partial charge in [0.15, 0.2) is 5.82 Å². The highest BCUT2D eigenvalue weighted by atomic mass is 35.5. The minimum Gasteiger partial charge on any atom is -0.458 e. The van der Waals surface area contributed by atoms with Crippen molar-refractivity contribution in [3.8, 4) is 5.69 Å². The Morgan fingerprint density at radius 2 is 2.15 bits per heavy atom. The van der Waals surface area contributed by atoms with E-state index in [2.05, 4.69) is 10.3 Å². The second kappa shape index (κ2) is 5.50. The summed E-state index contributed by atoms with van der Waals surface area (Å²) in [6.07, 6.45) is -0.249. The number of hydrogen-bond acceptors (Lipinski definition) is 5. The summed E-state index contributed by atoms with van der Waals surface area (Å²) in [4.78, 5) is 11.8. The van der Waals surface area contributed by atoms with Crippen LogP contribution in [0.2, 0.25) is 5.02 Å². The smallest absolute Gasteiger partial charge is 0.363 e. The van der Waals surface area contributed by atoms with E-state index < -0.39 is 5.97 Å². The van der Waals surface area contributed by atoms with Crippen molar-refractivity contribution >= 4 is 23.4 Å². The van der Waals surface area contributed by atoms with Crippen LogP contribution in [0, 0.1) is 6.92 Å². The van der Waals surface area contributed by atoms with Gasteiger partial charge in [-0.05, 0) is 38.5 Å². The van der Waals surface area contributed by atoms with Gasteiger partial charge >= 0.3 is 5.97 Å². The Bertz CT molecular complexity index is 652. The van der Waals surface area contributed by atoms with Crippen LogP contribution >= 0.6 is 11.6 Å². The number of aryl methyl sites for hydroxylation is 1. The maximum absolute atomic E-state index is 11.8. The van der Waals surface area contributed by atoms with E-state index in [9.17, 15) is 4.79 Å². The summed E-state index contributed by atoms with van der Waals surface area (Å²) in [7, 11) is 0. The van der Waals surface area contributed by atoms with Crippen molar-refractivity contribution < 1.29 is 9.53 Å². The predicted molar refractivity (Wildman–Crippen MR) is 76.1 cm³/mol. The normalized spacial score (nSPS) is 10.8. The Balaban J connectivity index is 2.37. The maximum Gasteiger partial charge on any atom is 0.363 e. The average molecular weight is 295 g/mol. The standard InChI is InChI=1S/C13H15ClN4O2/c1-7(2)20-13(19)11-12(15)18(17-16-11)9-5-4-8(3)10(14)6-9/h4-7H,15H2,1-3H3. The molecule has 1 heterocycles. The molecule has 2 rings (SSSR count). The molecule has 2 N–H and O–H groups in total. The van der Waals surface area contributed by atoms with Crippen LogP contribution in [0.5, 0.6) is 0 Å². The fraction of sp³-hybridized carbons (Fsp3) is 0.308. The first-order valence-electron chi connectivity index (χ1n) is 6.09. The second-order valence-corrected chi connectivity index (χ2v) is 5.03. The van der Waals surface area contributed by atoms with Crippen LogP contribution in [0.1, 0.15) is 29.9 Å². The summed E-state index contributed by atoms with van der Waals surface area (Å²) < 4.78 is 6.40. The van der Waals surface area contributed by atoms with Gasteiger partial charge in [-0.2, -0.15) is 4.68 Å². The monoisotopic (exact) mass is 294 g/mol. The molecule has 20 heavy (non-hydrogen) atoms. The molecule has 1 aromatic carbocycles. The maximum atomic E-state index is 11.8. The lowest BCUT2D eigenvalue weighted by Crippen LogP contribution is -2.14. The molecule has 0 amide bonds. The fourth-order valence-electron chi connectivity index (χ4n) is 1.61. The number of carbonyl (C=O) groups is 1. The molecule has 0 aliphatic carbocycles. The third-order valence-electron chi connectivity index (χ3n) is 2.64. The Kier molecular flexibility index (Phi) is 3.94. The van der Waals surface area contributed by atoms with E-state index in [0.29, 0.717) is 10.7 Å². The van der Waals surface area contributed by atoms with Crippen LogP contribution in [0.25, 0.3) is 5.69 Å². The van der Waals surface area contributed by atoms with Crippen molar-refractivity contribution in [2.75, 3.05) is 5.73 Å². The molecule has 2 aromatic rings. The number of nitrogens with zero attached hydrogens (tertiary/aromatic N) is 3. The summed E-state index contributed by atoms with van der Waals surface area (Å²) in [6, 6.07) is 5.34. The molecule has 0 unspecified atom stereocenters. The van der Waals surface area contributed by atoms with Crippen molar-refractivity contribution in [2.24, 2.45) is 0 Å². The molecule has 7 heteroatoms. The lowest BCUT2D eigenvalue weighted by molar-refractivity contribution is 0.0372. The number of ether oxygens (including phenoxy) is 1. The molecule has 0 aliphatic rings. The molecule has 1 aromatic heterocycles. The molecule has 106 valence electrons. The number of carbonyl (C=O) groups excluding carboxylic acids is 1. The Hall–Kier alpha value is -2.08. The minimum absolute atomic E-state index is 0.00426. The quantitative estimate of drug-likeness (QED) is 0.879. The number of hydrogen-bond donors (Lipinski definition) is 1. The first kappa shape index (κ1) is 14.3. The van der Waals surface area contributed by atoms with Gasteiger partial charge in [0.25, 0.3) is 0 Å². The Labute approximate surface area is 121 Å². The number of aromatic nitrogens is 3. The van der Waals surface area contributed by atoms with Crippen molar-refractivity contribution in [2.45, 2.75) is 26.9 Å². The molecular formula is C13H15ClN4O2. The molecule has 0 spiro atoms. The van der Waals surface area contributed by atoms with Crippen LogP contribution in [0.4, 0.5) is 5.82 Å². The van der Waals surface area contributed by atoms with Gasteiger partial charge in [-0.3, -0.25) is 0 Å². The first-order valence-corrected chi connectivity index (χ1v) is 6.46. The Morgan fingerprint density at radius 3 is 2.75 bits per heavy atom. The molecule has 0 radical (unpaired) electrons. The first-order chi connectivity index (χ1) is 9.40. The van der Waals surface area contributed by atoms with E-state index in [-0.39, 0.29) is 17.6 Å². The van der Waals surface area contributed by atoms with Crippen molar-refractivity contribution in [1.29, 1.82) is 0 Å². The fourth-order valence-corrected chi connectivity index (χ4v) is 1.78. The van der Waals surface area contributed by atoms with Crippen LogP contribution in [-0.4, -0.2) is 27.1 Å². The van der Waals surface area contributed by atoms with E-state index in [0.717, 1.165) is 5.56 Å². The van der Waals surface area contributed by atoms with E-state index >= 15 is 0 Å². The van der Waals surface area contributed by atoms with E-state index in [1.54, 1.807) is 26.0 Å². The molecule has 0 fully saturated rings. The van der Waals surface area contributed by atoms with E-state index in [1.165, 1.54) is 4.68 Å². The summed E-state index contributed by atoms with van der Waals surface area (Å²) in [5.41, 5.74) is 7.46. The van der Waals surface area contributed by atoms with Crippen LogP contribution < -0.4 is 5.73 Å². The zero-order chi connectivity index (χ0) is 14.9. The highest BCUT2D eigenvalue weighted by Gasteiger charge is 2.20. The number of halogens is 1. The predicted octanol–water partition coefficient (Wildman–Crippen LogP) is 2.38.